The number of nitrogens with two attached hydrogens (primary N) is 1. The van der Waals surface area contributed by atoms with Gasteiger partial charge in [0, 0.05) is 19.1 Å². The molecule has 1 aliphatic heterocycles. The highest BCUT2D eigenvalue weighted by Gasteiger charge is 2.24. The summed E-state index contributed by atoms with van der Waals surface area (Å²) in [7, 11) is 0. The average Bonchev–Trinajstić information content (AvgIpc) is 2.21. The predicted octanol–water partition coefficient (Wildman–Crippen LogP) is 1.34. The van der Waals surface area contributed by atoms with Gasteiger partial charge in [0.15, 0.2) is 0 Å². The Bertz CT molecular complexity index is 215. The molecule has 4 nitrogen and oxygen atoms in total. The lowest BCUT2D eigenvalue weighted by Gasteiger charge is -2.38. The van der Waals surface area contributed by atoms with Crippen LogP contribution in [0.15, 0.2) is 4.99 Å². The third kappa shape index (κ3) is 3.38. The molecule has 0 saturated carbocycles. The lowest BCUT2D eigenvalue weighted by atomic mass is 9.94. The van der Waals surface area contributed by atoms with Gasteiger partial charge < -0.3 is 4.90 Å². The molecule has 2 atom stereocenters. The molecule has 0 spiro atoms. The van der Waals surface area contributed by atoms with Crippen LogP contribution in [0.25, 0.3) is 0 Å². The highest BCUT2D eigenvalue weighted by Crippen LogP contribution is 2.21. The van der Waals surface area contributed by atoms with Crippen molar-refractivity contribution in [3.8, 4) is 0 Å². The first-order valence-electron chi connectivity index (χ1n) is 5.96. The van der Waals surface area contributed by atoms with Gasteiger partial charge in [-0.05, 0) is 32.1 Å². The second kappa shape index (κ2) is 5.95. The predicted molar refractivity (Wildman–Crippen MR) is 64.5 cm³/mol. The Morgan fingerprint density at radius 3 is 2.80 bits per heavy atom. The Balaban J connectivity index is 2.59. The molecule has 1 fully saturated rings. The fourth-order valence-corrected chi connectivity index (χ4v) is 2.16. The van der Waals surface area contributed by atoms with Crippen molar-refractivity contribution < 1.29 is 0 Å². The standard InChI is InChI=1S/C11H24N4/c1-4-6-13-11(14-12)15-7-5-9(2)8-10(15)3/h9-10H,4-8,12H2,1-3H3,(H,13,14). The van der Waals surface area contributed by atoms with Crippen molar-refractivity contribution in [1.29, 1.82) is 0 Å². The van der Waals surface area contributed by atoms with Crippen molar-refractivity contribution in [2.45, 2.75) is 46.1 Å². The van der Waals surface area contributed by atoms with Gasteiger partial charge in [-0.15, -0.1) is 0 Å². The van der Waals surface area contributed by atoms with Crippen LogP contribution in [-0.4, -0.2) is 30.0 Å². The zero-order valence-electron chi connectivity index (χ0n) is 10.2. The number of guanidine groups is 1. The molecule has 1 rings (SSSR count). The van der Waals surface area contributed by atoms with E-state index < -0.39 is 0 Å². The van der Waals surface area contributed by atoms with E-state index in [1.54, 1.807) is 0 Å². The third-order valence-electron chi connectivity index (χ3n) is 3.02. The Labute approximate surface area is 92.9 Å². The second-order valence-electron chi connectivity index (χ2n) is 4.52. The molecular weight excluding hydrogens is 188 g/mol. The lowest BCUT2D eigenvalue weighted by Crippen LogP contribution is -2.52. The highest BCUT2D eigenvalue weighted by atomic mass is 15.4. The first-order chi connectivity index (χ1) is 7.19. The molecule has 0 amide bonds. The summed E-state index contributed by atoms with van der Waals surface area (Å²) in [5.74, 6) is 7.20. The number of hydrogen-bond acceptors (Lipinski definition) is 2. The molecule has 2 unspecified atom stereocenters. The average molecular weight is 212 g/mol. The summed E-state index contributed by atoms with van der Waals surface area (Å²) in [6.07, 6.45) is 3.52. The summed E-state index contributed by atoms with van der Waals surface area (Å²) in [6.45, 7) is 8.59. The summed E-state index contributed by atoms with van der Waals surface area (Å²) >= 11 is 0. The molecule has 88 valence electrons. The SMILES string of the molecule is CCCN=C(NN)N1CCC(C)CC1C. The Morgan fingerprint density at radius 1 is 1.53 bits per heavy atom. The molecule has 15 heavy (non-hydrogen) atoms. The number of nitrogens with zero attached hydrogens (tertiary/aromatic N) is 2. The van der Waals surface area contributed by atoms with Gasteiger partial charge in [0.1, 0.15) is 0 Å². The van der Waals surface area contributed by atoms with E-state index >= 15 is 0 Å². The second-order valence-corrected chi connectivity index (χ2v) is 4.52. The van der Waals surface area contributed by atoms with Crippen LogP contribution in [0.3, 0.4) is 0 Å². The van der Waals surface area contributed by atoms with Gasteiger partial charge in [0.2, 0.25) is 5.96 Å². The van der Waals surface area contributed by atoms with Crippen molar-refractivity contribution >= 4 is 5.96 Å². The molecule has 4 heteroatoms. The summed E-state index contributed by atoms with van der Waals surface area (Å²) in [5.41, 5.74) is 2.73. The quantitative estimate of drug-likeness (QED) is 0.314. The smallest absolute Gasteiger partial charge is 0.208 e. The van der Waals surface area contributed by atoms with Crippen LogP contribution < -0.4 is 11.3 Å². The van der Waals surface area contributed by atoms with Crippen molar-refractivity contribution in [3.05, 3.63) is 0 Å². The van der Waals surface area contributed by atoms with E-state index in [-0.39, 0.29) is 0 Å². The van der Waals surface area contributed by atoms with Crippen LogP contribution >= 0.6 is 0 Å². The normalized spacial score (nSPS) is 28.0. The van der Waals surface area contributed by atoms with Gasteiger partial charge in [-0.25, -0.2) is 5.84 Å². The first kappa shape index (κ1) is 12.3. The van der Waals surface area contributed by atoms with Crippen LogP contribution in [-0.2, 0) is 0 Å². The van der Waals surface area contributed by atoms with Crippen molar-refractivity contribution in [3.63, 3.8) is 0 Å². The lowest BCUT2D eigenvalue weighted by molar-refractivity contribution is 0.203. The number of rotatable bonds is 2. The van der Waals surface area contributed by atoms with Crippen molar-refractivity contribution in [2.75, 3.05) is 13.1 Å². The minimum Gasteiger partial charge on any atom is -0.339 e. The van der Waals surface area contributed by atoms with E-state index in [4.69, 9.17) is 5.84 Å². The van der Waals surface area contributed by atoms with E-state index in [0.717, 1.165) is 31.4 Å². The Morgan fingerprint density at radius 2 is 2.27 bits per heavy atom. The molecule has 1 saturated heterocycles. The molecule has 0 aromatic heterocycles. The third-order valence-corrected chi connectivity index (χ3v) is 3.02. The van der Waals surface area contributed by atoms with Crippen LogP contribution in [0.4, 0.5) is 0 Å². The van der Waals surface area contributed by atoms with E-state index in [0.29, 0.717) is 6.04 Å². The summed E-state index contributed by atoms with van der Waals surface area (Å²) < 4.78 is 0. The number of nitrogens with one attached hydrogen (secondary N) is 1. The maximum absolute atomic E-state index is 5.52. The molecule has 0 radical (unpaired) electrons. The van der Waals surface area contributed by atoms with E-state index in [1.165, 1.54) is 12.8 Å². The molecular formula is C11H24N4. The maximum atomic E-state index is 5.52. The molecule has 1 aliphatic rings. The van der Waals surface area contributed by atoms with Gasteiger partial charge in [-0.1, -0.05) is 13.8 Å². The summed E-state index contributed by atoms with van der Waals surface area (Å²) in [4.78, 5) is 6.75. The molecule has 0 bridgehead atoms. The van der Waals surface area contributed by atoms with Gasteiger partial charge in [-0.2, -0.15) is 0 Å². The minimum absolute atomic E-state index is 0.542. The number of hydrogen-bond donors (Lipinski definition) is 2. The Hall–Kier alpha value is -0.770. The largest absolute Gasteiger partial charge is 0.339 e. The van der Waals surface area contributed by atoms with E-state index in [2.05, 4.69) is 36.1 Å². The zero-order valence-corrected chi connectivity index (χ0v) is 10.2. The number of aliphatic imine (C=N–C) groups is 1. The van der Waals surface area contributed by atoms with Gasteiger partial charge in [-0.3, -0.25) is 10.4 Å². The Kier molecular flexibility index (Phi) is 4.88. The van der Waals surface area contributed by atoms with Crippen molar-refractivity contribution in [2.24, 2.45) is 16.8 Å². The van der Waals surface area contributed by atoms with Gasteiger partial charge >= 0.3 is 0 Å². The molecule has 3 N–H and O–H groups in total. The van der Waals surface area contributed by atoms with Crippen LogP contribution in [0.2, 0.25) is 0 Å². The molecule has 0 aromatic rings. The highest BCUT2D eigenvalue weighted by molar-refractivity contribution is 5.79. The summed E-state index contributed by atoms with van der Waals surface area (Å²) in [5, 5.41) is 0. The van der Waals surface area contributed by atoms with Crippen LogP contribution in [0.1, 0.15) is 40.0 Å². The first-order valence-corrected chi connectivity index (χ1v) is 5.96. The fourth-order valence-electron chi connectivity index (χ4n) is 2.16. The zero-order chi connectivity index (χ0) is 11.3. The minimum atomic E-state index is 0.542. The fraction of sp³-hybridized carbons (Fsp3) is 0.909. The van der Waals surface area contributed by atoms with Crippen molar-refractivity contribution in [1.82, 2.24) is 10.3 Å². The van der Waals surface area contributed by atoms with Gasteiger partial charge in [0.05, 0.1) is 0 Å². The van der Waals surface area contributed by atoms with Gasteiger partial charge in [0.25, 0.3) is 0 Å². The van der Waals surface area contributed by atoms with E-state index in [9.17, 15) is 0 Å². The monoisotopic (exact) mass is 212 g/mol. The topological polar surface area (TPSA) is 53.6 Å². The number of hydrazine groups is 1. The number of likely N-dealkylation sites (tertiary alicyclic amines) is 1. The maximum Gasteiger partial charge on any atom is 0.208 e. The molecule has 0 aliphatic carbocycles. The van der Waals surface area contributed by atoms with E-state index in [1.807, 2.05) is 0 Å². The van der Waals surface area contributed by atoms with Crippen LogP contribution in [0.5, 0.6) is 0 Å². The van der Waals surface area contributed by atoms with Crippen LogP contribution in [0, 0.1) is 5.92 Å². The molecule has 0 aromatic carbocycles. The molecule has 1 heterocycles. The summed E-state index contributed by atoms with van der Waals surface area (Å²) in [6, 6.07) is 0.542. The number of piperidine rings is 1.